The maximum atomic E-state index is 12.8. The first kappa shape index (κ1) is 21.6. The highest BCUT2D eigenvalue weighted by atomic mass is 16.5. The molecule has 6 atom stereocenters. The van der Waals surface area contributed by atoms with E-state index in [1.165, 1.54) is 19.4 Å². The summed E-state index contributed by atoms with van der Waals surface area (Å²) in [5, 5.41) is 0. The van der Waals surface area contributed by atoms with Gasteiger partial charge in [0.05, 0.1) is 0 Å². The lowest BCUT2D eigenvalue weighted by Crippen LogP contribution is -2.57. The molecule has 30 heavy (non-hydrogen) atoms. The summed E-state index contributed by atoms with van der Waals surface area (Å²) in [5.74, 6) is 1.23. The monoisotopic (exact) mass is 416 g/mol. The van der Waals surface area contributed by atoms with Gasteiger partial charge in [-0.25, -0.2) is 0 Å². The Hall–Kier alpha value is -1.65. The van der Waals surface area contributed by atoms with Crippen LogP contribution in [0.3, 0.4) is 0 Å². The van der Waals surface area contributed by atoms with Gasteiger partial charge in [0.1, 0.15) is 18.5 Å². The molecule has 0 spiro atoms. The summed E-state index contributed by atoms with van der Waals surface area (Å²) >= 11 is 0. The molecule has 0 aromatic heterocycles. The lowest BCUT2D eigenvalue weighted by Gasteiger charge is -2.60. The lowest BCUT2D eigenvalue weighted by atomic mass is 9.44. The topological polar surface area (TPSA) is 69.7 Å². The number of ether oxygens (including phenoxy) is 2. The molecule has 5 heteroatoms. The Morgan fingerprint density at radius 2 is 1.77 bits per heavy atom. The number of ketones is 1. The Labute approximate surface area is 179 Å². The maximum absolute atomic E-state index is 12.8. The van der Waals surface area contributed by atoms with Gasteiger partial charge in [0, 0.05) is 36.5 Å². The van der Waals surface area contributed by atoms with Crippen molar-refractivity contribution < 1.29 is 23.9 Å². The number of carbonyl (C=O) groups excluding carboxylic acids is 3. The molecular weight excluding hydrogens is 380 g/mol. The molecule has 0 bridgehead atoms. The van der Waals surface area contributed by atoms with E-state index in [1.807, 2.05) is 13.8 Å². The normalized spacial score (nSPS) is 41.8. The predicted octanol–water partition coefficient (Wildman–Crippen LogP) is 4.63. The zero-order chi connectivity index (χ0) is 21.9. The molecule has 0 aromatic carbocycles. The van der Waals surface area contributed by atoms with Gasteiger partial charge in [-0.3, -0.25) is 14.4 Å². The fraction of sp³-hybridized carbons (Fsp3) is 0.800. The summed E-state index contributed by atoms with van der Waals surface area (Å²) in [6.45, 7) is 9.75. The molecule has 4 aliphatic rings. The maximum Gasteiger partial charge on any atom is 0.302 e. The van der Waals surface area contributed by atoms with Crippen LogP contribution < -0.4 is 0 Å². The third kappa shape index (κ3) is 3.06. The van der Waals surface area contributed by atoms with Crippen molar-refractivity contribution in [2.75, 3.05) is 6.61 Å². The van der Waals surface area contributed by atoms with Crippen molar-refractivity contribution in [1.82, 2.24) is 0 Å². The summed E-state index contributed by atoms with van der Waals surface area (Å²) in [4.78, 5) is 36.2. The van der Waals surface area contributed by atoms with Crippen molar-refractivity contribution in [3.05, 3.63) is 11.6 Å². The van der Waals surface area contributed by atoms with E-state index >= 15 is 0 Å². The second-order valence-electron chi connectivity index (χ2n) is 10.9. The van der Waals surface area contributed by atoms with E-state index in [2.05, 4.69) is 13.0 Å². The highest BCUT2D eigenvalue weighted by molar-refractivity contribution is 5.89. The van der Waals surface area contributed by atoms with Crippen LogP contribution in [0, 0.1) is 34.0 Å². The highest BCUT2D eigenvalue weighted by Crippen LogP contribution is 2.67. The minimum atomic E-state index is -0.500. The molecule has 166 valence electrons. The van der Waals surface area contributed by atoms with Crippen molar-refractivity contribution in [1.29, 1.82) is 0 Å². The Kier molecular flexibility index (Phi) is 5.18. The number of hydrogen-bond donors (Lipinski definition) is 0. The van der Waals surface area contributed by atoms with Gasteiger partial charge in [0.25, 0.3) is 0 Å². The number of rotatable bonds is 3. The molecule has 4 aliphatic carbocycles. The number of esters is 2. The molecule has 1 unspecified atom stereocenters. The Morgan fingerprint density at radius 1 is 1.03 bits per heavy atom. The van der Waals surface area contributed by atoms with Gasteiger partial charge in [-0.05, 0) is 70.1 Å². The Bertz CT molecular complexity index is 795. The van der Waals surface area contributed by atoms with Gasteiger partial charge < -0.3 is 9.47 Å². The van der Waals surface area contributed by atoms with E-state index in [1.54, 1.807) is 0 Å². The zero-order valence-corrected chi connectivity index (χ0v) is 19.1. The first-order chi connectivity index (χ1) is 14.0. The summed E-state index contributed by atoms with van der Waals surface area (Å²) in [6.07, 6.45) is 8.64. The number of Topliss-reactive ketones (excluding diaryl/α,β-unsaturated/α-hetero) is 1. The molecule has 4 rings (SSSR count). The molecular formula is C25H36O5. The van der Waals surface area contributed by atoms with Crippen molar-refractivity contribution in [2.45, 2.75) is 85.7 Å². The molecule has 0 saturated heterocycles. The highest BCUT2D eigenvalue weighted by Gasteiger charge is 2.63. The van der Waals surface area contributed by atoms with E-state index in [0.717, 1.165) is 38.5 Å². The van der Waals surface area contributed by atoms with Crippen LogP contribution in [0.15, 0.2) is 11.6 Å². The fourth-order valence-corrected chi connectivity index (χ4v) is 7.79. The minimum Gasteiger partial charge on any atom is -0.465 e. The van der Waals surface area contributed by atoms with Crippen LogP contribution in [0.25, 0.3) is 0 Å². The fourth-order valence-electron chi connectivity index (χ4n) is 7.79. The van der Waals surface area contributed by atoms with Crippen LogP contribution in [0.2, 0.25) is 0 Å². The van der Waals surface area contributed by atoms with Crippen molar-refractivity contribution >= 4 is 17.7 Å². The summed E-state index contributed by atoms with van der Waals surface area (Å²) < 4.78 is 11.4. The molecule has 3 fully saturated rings. The van der Waals surface area contributed by atoms with Crippen LogP contribution in [0.4, 0.5) is 0 Å². The quantitative estimate of drug-likeness (QED) is 0.496. The summed E-state index contributed by atoms with van der Waals surface area (Å²) in [6, 6.07) is 0. The molecule has 0 heterocycles. The van der Waals surface area contributed by atoms with Gasteiger partial charge in [-0.1, -0.05) is 18.6 Å². The van der Waals surface area contributed by atoms with Crippen LogP contribution in [0.1, 0.15) is 79.6 Å². The van der Waals surface area contributed by atoms with Gasteiger partial charge in [0.15, 0.2) is 0 Å². The third-order valence-electron chi connectivity index (χ3n) is 9.20. The summed E-state index contributed by atoms with van der Waals surface area (Å²) in [5.41, 5.74) is 0.472. The molecule has 0 aromatic rings. The number of hydrogen-bond acceptors (Lipinski definition) is 5. The molecule has 3 saturated carbocycles. The van der Waals surface area contributed by atoms with E-state index in [0.29, 0.717) is 36.6 Å². The van der Waals surface area contributed by atoms with Crippen molar-refractivity contribution in [3.63, 3.8) is 0 Å². The molecule has 0 amide bonds. The second kappa shape index (κ2) is 7.20. The van der Waals surface area contributed by atoms with Crippen LogP contribution in [0.5, 0.6) is 0 Å². The third-order valence-corrected chi connectivity index (χ3v) is 9.20. The van der Waals surface area contributed by atoms with E-state index in [9.17, 15) is 14.4 Å². The summed E-state index contributed by atoms with van der Waals surface area (Å²) in [7, 11) is 0. The Morgan fingerprint density at radius 3 is 2.43 bits per heavy atom. The van der Waals surface area contributed by atoms with Crippen molar-refractivity contribution in [2.24, 2.45) is 34.0 Å². The van der Waals surface area contributed by atoms with Crippen LogP contribution in [-0.2, 0) is 23.9 Å². The smallest absolute Gasteiger partial charge is 0.302 e. The van der Waals surface area contributed by atoms with Gasteiger partial charge >= 0.3 is 11.9 Å². The first-order valence-corrected chi connectivity index (χ1v) is 11.6. The first-order valence-electron chi connectivity index (χ1n) is 11.6. The SMILES string of the molecule is CC(=O)OC[C@]12CCC(=O)C(C)(C)C1=CC[C@@H]1[C@@H]2CC[C@]2(C)C(OC(C)=O)CC[C@@H]12. The molecule has 0 N–H and O–H groups in total. The Balaban J connectivity index is 1.72. The number of fused-ring (bicyclic) bond motifs is 5. The average molecular weight is 417 g/mol. The van der Waals surface area contributed by atoms with Gasteiger partial charge in [-0.2, -0.15) is 0 Å². The second-order valence-corrected chi connectivity index (χ2v) is 10.9. The van der Waals surface area contributed by atoms with E-state index < -0.39 is 5.41 Å². The lowest BCUT2D eigenvalue weighted by molar-refractivity contribution is -0.160. The molecule has 0 radical (unpaired) electrons. The van der Waals surface area contributed by atoms with E-state index in [4.69, 9.17) is 9.47 Å². The van der Waals surface area contributed by atoms with Crippen LogP contribution in [-0.4, -0.2) is 30.4 Å². The molecule has 5 nitrogen and oxygen atoms in total. The molecule has 0 aliphatic heterocycles. The number of carbonyl (C=O) groups is 3. The number of allylic oxidation sites excluding steroid dienone is 1. The standard InChI is InChI=1S/C25H36O5/c1-15(26)29-14-25-13-11-21(28)23(3,4)20(25)8-6-17-18-7-9-22(30-16(2)27)24(18,5)12-10-19(17)25/h8,17-19,22H,6-7,9-14H2,1-5H3/t17-,18-,19-,22?,24-,25-/m0/s1. The van der Waals surface area contributed by atoms with Crippen molar-refractivity contribution in [3.8, 4) is 0 Å². The largest absolute Gasteiger partial charge is 0.465 e. The zero-order valence-electron chi connectivity index (χ0n) is 19.1. The minimum absolute atomic E-state index is 0.000112. The average Bonchev–Trinajstić information content (AvgIpc) is 2.99. The van der Waals surface area contributed by atoms with Gasteiger partial charge in [-0.15, -0.1) is 0 Å². The van der Waals surface area contributed by atoms with Gasteiger partial charge in [0.2, 0.25) is 0 Å². The van der Waals surface area contributed by atoms with E-state index in [-0.39, 0.29) is 28.9 Å². The predicted molar refractivity (Wildman–Crippen MR) is 112 cm³/mol. The van der Waals surface area contributed by atoms with Crippen LogP contribution >= 0.6 is 0 Å².